The highest BCUT2D eigenvalue weighted by Crippen LogP contribution is 2.26. The van der Waals surface area contributed by atoms with Crippen LogP contribution >= 0.6 is 23.2 Å². The highest BCUT2D eigenvalue weighted by atomic mass is 35.5. The van der Waals surface area contributed by atoms with Crippen molar-refractivity contribution in [3.05, 3.63) is 38.7 Å². The molecule has 0 saturated heterocycles. The molecule has 0 amide bonds. The molecule has 2 N–H and O–H groups in total. The van der Waals surface area contributed by atoms with E-state index in [9.17, 15) is 4.79 Å². The molecule has 2 rings (SSSR count). The summed E-state index contributed by atoms with van der Waals surface area (Å²) >= 11 is 11.6. The van der Waals surface area contributed by atoms with Crippen molar-refractivity contribution in [2.24, 2.45) is 0 Å². The molecule has 1 heterocycles. The fourth-order valence-corrected chi connectivity index (χ4v) is 1.58. The molecular weight excluding hydrogens is 225 g/mol. The minimum absolute atomic E-state index is 0.369. The highest BCUT2D eigenvalue weighted by Gasteiger charge is 2.07. The maximum Gasteiger partial charge on any atom is 0.340 e. The monoisotopic (exact) mass is 229 g/mol. The fourth-order valence-electron chi connectivity index (χ4n) is 1.08. The Balaban J connectivity index is 2.57. The van der Waals surface area contributed by atoms with Crippen LogP contribution in [0.5, 0.6) is 0 Å². The van der Waals surface area contributed by atoms with E-state index in [1.807, 2.05) is 0 Å². The Bertz CT molecular complexity index is 517. The number of nitrogens with zero attached hydrogens (tertiary/aromatic N) is 1. The van der Waals surface area contributed by atoms with Gasteiger partial charge in [0.25, 0.3) is 0 Å². The summed E-state index contributed by atoms with van der Waals surface area (Å²) in [6.07, 6.45) is 0. The third-order valence-corrected chi connectivity index (χ3v) is 2.24. The predicted octanol–water partition coefficient (Wildman–Crippen LogP) is 2.07. The molecule has 1 aromatic heterocycles. The van der Waals surface area contributed by atoms with E-state index in [-0.39, 0.29) is 5.69 Å². The summed E-state index contributed by atoms with van der Waals surface area (Å²) in [5, 5.41) is 7.00. The first-order valence-electron chi connectivity index (χ1n) is 3.77. The molecule has 0 radical (unpaired) electrons. The molecule has 0 saturated carbocycles. The summed E-state index contributed by atoms with van der Waals surface area (Å²) in [5.41, 5.74) is 0.264. The SMILES string of the molecule is O=c1[nH]nc(-c2ccc(Cl)cc2Cl)[nH]1. The first-order valence-corrected chi connectivity index (χ1v) is 4.52. The van der Waals surface area contributed by atoms with Gasteiger partial charge >= 0.3 is 5.69 Å². The van der Waals surface area contributed by atoms with E-state index >= 15 is 0 Å². The molecule has 0 aliphatic carbocycles. The number of hydrogen-bond acceptors (Lipinski definition) is 2. The summed E-state index contributed by atoms with van der Waals surface area (Å²) in [5.74, 6) is 0.400. The average molecular weight is 230 g/mol. The number of aromatic nitrogens is 3. The Morgan fingerprint density at radius 3 is 2.64 bits per heavy atom. The van der Waals surface area contributed by atoms with Crippen LogP contribution in [-0.2, 0) is 0 Å². The maximum atomic E-state index is 10.8. The molecule has 2 aromatic rings. The maximum absolute atomic E-state index is 10.8. The largest absolute Gasteiger partial charge is 0.340 e. The number of benzene rings is 1. The molecule has 0 unspecified atom stereocenters. The summed E-state index contributed by atoms with van der Waals surface area (Å²) < 4.78 is 0. The number of rotatable bonds is 1. The Kier molecular flexibility index (Phi) is 2.31. The molecule has 0 spiro atoms. The van der Waals surface area contributed by atoms with Crippen LogP contribution in [-0.4, -0.2) is 15.2 Å². The summed E-state index contributed by atoms with van der Waals surface area (Å²) in [7, 11) is 0. The highest BCUT2D eigenvalue weighted by molar-refractivity contribution is 6.36. The minimum atomic E-state index is -0.369. The third-order valence-electron chi connectivity index (χ3n) is 1.69. The van der Waals surface area contributed by atoms with Gasteiger partial charge in [-0.3, -0.25) is 4.98 Å². The van der Waals surface area contributed by atoms with Crippen molar-refractivity contribution in [1.29, 1.82) is 0 Å². The van der Waals surface area contributed by atoms with Gasteiger partial charge in [-0.2, -0.15) is 5.10 Å². The zero-order chi connectivity index (χ0) is 10.1. The van der Waals surface area contributed by atoms with Gasteiger partial charge in [-0.15, -0.1) is 0 Å². The second-order valence-corrected chi connectivity index (χ2v) is 3.49. The van der Waals surface area contributed by atoms with Crippen molar-refractivity contribution >= 4 is 23.2 Å². The van der Waals surface area contributed by atoms with E-state index in [4.69, 9.17) is 23.2 Å². The smallest absolute Gasteiger partial charge is 0.289 e. The lowest BCUT2D eigenvalue weighted by Crippen LogP contribution is -2.00. The molecule has 4 nitrogen and oxygen atoms in total. The minimum Gasteiger partial charge on any atom is -0.289 e. The summed E-state index contributed by atoms with van der Waals surface area (Å²) in [4.78, 5) is 13.3. The van der Waals surface area contributed by atoms with Crippen LogP contribution in [0, 0.1) is 0 Å². The zero-order valence-corrected chi connectivity index (χ0v) is 8.36. The van der Waals surface area contributed by atoms with E-state index in [2.05, 4.69) is 15.2 Å². The van der Waals surface area contributed by atoms with E-state index < -0.39 is 0 Å². The van der Waals surface area contributed by atoms with Crippen LogP contribution in [0.2, 0.25) is 10.0 Å². The molecule has 1 aromatic carbocycles. The molecule has 0 aliphatic heterocycles. The van der Waals surface area contributed by atoms with Gasteiger partial charge in [0.05, 0.1) is 5.02 Å². The predicted molar refractivity (Wildman–Crippen MR) is 54.7 cm³/mol. The topological polar surface area (TPSA) is 61.5 Å². The molecular formula is C8H5Cl2N3O. The molecule has 0 bridgehead atoms. The molecule has 0 fully saturated rings. The standard InChI is InChI=1S/C8H5Cl2N3O/c9-4-1-2-5(6(10)3-4)7-11-8(14)13-12-7/h1-3H,(H2,11,12,13,14). The van der Waals surface area contributed by atoms with Crippen molar-refractivity contribution < 1.29 is 0 Å². The van der Waals surface area contributed by atoms with Crippen LogP contribution in [0.4, 0.5) is 0 Å². The van der Waals surface area contributed by atoms with Crippen LogP contribution in [0.3, 0.4) is 0 Å². The fraction of sp³-hybridized carbons (Fsp3) is 0. The lowest BCUT2D eigenvalue weighted by molar-refractivity contribution is 1.05. The number of hydrogen-bond donors (Lipinski definition) is 2. The Morgan fingerprint density at radius 2 is 2.07 bits per heavy atom. The van der Waals surface area contributed by atoms with Crippen molar-refractivity contribution in [2.75, 3.05) is 0 Å². The van der Waals surface area contributed by atoms with Crippen LogP contribution in [0.25, 0.3) is 11.4 Å². The Labute approximate surface area is 88.9 Å². The normalized spacial score (nSPS) is 10.4. The number of halogens is 2. The van der Waals surface area contributed by atoms with Gasteiger partial charge < -0.3 is 0 Å². The van der Waals surface area contributed by atoms with E-state index in [1.165, 1.54) is 0 Å². The lowest BCUT2D eigenvalue weighted by Gasteiger charge is -1.99. The summed E-state index contributed by atoms with van der Waals surface area (Å²) in [6.45, 7) is 0. The van der Waals surface area contributed by atoms with Crippen molar-refractivity contribution in [3.63, 3.8) is 0 Å². The van der Waals surface area contributed by atoms with Crippen LogP contribution in [0.15, 0.2) is 23.0 Å². The van der Waals surface area contributed by atoms with Gasteiger partial charge in [-0.25, -0.2) is 9.89 Å². The zero-order valence-electron chi connectivity index (χ0n) is 6.84. The van der Waals surface area contributed by atoms with Gasteiger partial charge in [0.1, 0.15) is 0 Å². The van der Waals surface area contributed by atoms with Crippen molar-refractivity contribution in [2.45, 2.75) is 0 Å². The number of aromatic amines is 2. The van der Waals surface area contributed by atoms with E-state index in [1.54, 1.807) is 18.2 Å². The van der Waals surface area contributed by atoms with Gasteiger partial charge in [-0.1, -0.05) is 23.2 Å². The van der Waals surface area contributed by atoms with Gasteiger partial charge in [-0.05, 0) is 18.2 Å². The Hall–Kier alpha value is -1.26. The first-order chi connectivity index (χ1) is 6.66. The summed E-state index contributed by atoms with van der Waals surface area (Å²) in [6, 6.07) is 4.96. The lowest BCUT2D eigenvalue weighted by atomic mass is 10.2. The molecule has 6 heteroatoms. The number of H-pyrrole nitrogens is 2. The quantitative estimate of drug-likeness (QED) is 0.787. The second-order valence-electron chi connectivity index (χ2n) is 2.65. The van der Waals surface area contributed by atoms with Crippen molar-refractivity contribution in [1.82, 2.24) is 15.2 Å². The van der Waals surface area contributed by atoms with Crippen molar-refractivity contribution in [3.8, 4) is 11.4 Å². The van der Waals surface area contributed by atoms with Gasteiger partial charge in [0.15, 0.2) is 5.82 Å². The average Bonchev–Trinajstić information content (AvgIpc) is 2.51. The number of nitrogens with one attached hydrogen (secondary N) is 2. The van der Waals surface area contributed by atoms with Gasteiger partial charge in [0.2, 0.25) is 0 Å². The van der Waals surface area contributed by atoms with Gasteiger partial charge in [0, 0.05) is 10.6 Å². The van der Waals surface area contributed by atoms with E-state index in [0.29, 0.717) is 21.4 Å². The molecule has 0 atom stereocenters. The Morgan fingerprint density at radius 1 is 1.29 bits per heavy atom. The third kappa shape index (κ3) is 1.66. The molecule has 72 valence electrons. The second kappa shape index (κ2) is 3.48. The first kappa shape index (κ1) is 9.30. The van der Waals surface area contributed by atoms with E-state index in [0.717, 1.165) is 0 Å². The van der Waals surface area contributed by atoms with Crippen LogP contribution in [0.1, 0.15) is 0 Å². The van der Waals surface area contributed by atoms with Crippen LogP contribution < -0.4 is 5.69 Å². The molecule has 0 aliphatic rings. The molecule has 14 heavy (non-hydrogen) atoms.